The van der Waals surface area contributed by atoms with E-state index < -0.39 is 17.6 Å². The molecule has 0 saturated heterocycles. The lowest BCUT2D eigenvalue weighted by Gasteiger charge is -2.17. The summed E-state index contributed by atoms with van der Waals surface area (Å²) in [4.78, 5) is 50.6. The van der Waals surface area contributed by atoms with E-state index in [1.165, 1.54) is 22.3 Å². The molecule has 0 spiro atoms. The largest absolute Gasteiger partial charge is 0.465 e. The van der Waals surface area contributed by atoms with Gasteiger partial charge in [-0.2, -0.15) is 0 Å². The molecule has 0 aliphatic heterocycles. The van der Waals surface area contributed by atoms with E-state index in [9.17, 15) is 19.2 Å². The molecular weight excluding hydrogens is 386 g/mol. The highest BCUT2D eigenvalue weighted by atomic mass is 16.5. The van der Waals surface area contributed by atoms with Crippen molar-refractivity contribution in [2.45, 2.75) is 32.9 Å². The molecule has 0 fully saturated rings. The number of anilines is 1. The highest BCUT2D eigenvalue weighted by Gasteiger charge is 2.19. The second-order valence-corrected chi connectivity index (χ2v) is 6.90. The monoisotopic (exact) mass is 409 g/mol. The van der Waals surface area contributed by atoms with Gasteiger partial charge in [-0.15, -0.1) is 0 Å². The van der Waals surface area contributed by atoms with E-state index in [0.717, 1.165) is 0 Å². The van der Waals surface area contributed by atoms with Gasteiger partial charge in [0.15, 0.2) is 0 Å². The lowest BCUT2D eigenvalue weighted by molar-refractivity contribution is -0.116. The zero-order valence-electron chi connectivity index (χ0n) is 17.0. The molecule has 0 aliphatic rings. The quantitative estimate of drug-likeness (QED) is 0.631. The number of carbonyl (C=O) groups excluding carboxylic acids is 2. The van der Waals surface area contributed by atoms with Crippen molar-refractivity contribution in [2.75, 3.05) is 12.4 Å². The fourth-order valence-electron chi connectivity index (χ4n) is 3.28. The number of methoxy groups -OCH3 is 1. The first-order valence-electron chi connectivity index (χ1n) is 9.60. The summed E-state index contributed by atoms with van der Waals surface area (Å²) in [5, 5.41) is 3.02. The van der Waals surface area contributed by atoms with Crippen LogP contribution in [0.3, 0.4) is 0 Å². The van der Waals surface area contributed by atoms with E-state index in [-0.39, 0.29) is 29.4 Å². The number of benzene rings is 2. The Balaban J connectivity index is 2.05. The maximum absolute atomic E-state index is 13.1. The molecule has 1 N–H and O–H groups in total. The number of ether oxygens (including phenoxy) is 1. The van der Waals surface area contributed by atoms with Crippen LogP contribution in [0.1, 0.15) is 36.7 Å². The van der Waals surface area contributed by atoms with Gasteiger partial charge in [-0.1, -0.05) is 31.2 Å². The standard InChI is InChI=1S/C22H23N3O5/c1-4-14(2)25-20(27)16-10-6-8-12-18(16)24(22(25)29)13-19(26)23-17-11-7-5-9-15(17)21(28)30-3/h5-12,14H,4,13H2,1-3H3,(H,23,26)/t14-/m0/s1. The molecular formula is C22H23N3O5. The number of aromatic nitrogens is 2. The summed E-state index contributed by atoms with van der Waals surface area (Å²) in [5.74, 6) is -1.09. The first-order chi connectivity index (χ1) is 14.4. The molecule has 8 nitrogen and oxygen atoms in total. The number of rotatable bonds is 6. The second-order valence-electron chi connectivity index (χ2n) is 6.90. The van der Waals surface area contributed by atoms with Gasteiger partial charge in [0.25, 0.3) is 5.56 Å². The lowest BCUT2D eigenvalue weighted by atomic mass is 10.2. The van der Waals surface area contributed by atoms with Crippen molar-refractivity contribution in [3.8, 4) is 0 Å². The van der Waals surface area contributed by atoms with E-state index in [2.05, 4.69) is 5.32 Å². The summed E-state index contributed by atoms with van der Waals surface area (Å²) < 4.78 is 7.19. The predicted octanol–water partition coefficient (Wildman–Crippen LogP) is 2.56. The summed E-state index contributed by atoms with van der Waals surface area (Å²) in [7, 11) is 1.25. The Labute approximate surface area is 172 Å². The van der Waals surface area contributed by atoms with E-state index in [1.807, 2.05) is 6.92 Å². The minimum atomic E-state index is -0.584. The minimum absolute atomic E-state index is 0.204. The van der Waals surface area contributed by atoms with Gasteiger partial charge in [0.1, 0.15) is 6.54 Å². The topological polar surface area (TPSA) is 99.4 Å². The van der Waals surface area contributed by atoms with Gasteiger partial charge in [-0.25, -0.2) is 9.59 Å². The summed E-state index contributed by atoms with van der Waals surface area (Å²) in [5.41, 5.74) is -0.0670. The Bertz CT molecular complexity index is 1230. The number of hydrogen-bond acceptors (Lipinski definition) is 5. The van der Waals surface area contributed by atoms with Crippen LogP contribution in [0.4, 0.5) is 5.69 Å². The van der Waals surface area contributed by atoms with E-state index in [0.29, 0.717) is 17.3 Å². The van der Waals surface area contributed by atoms with Gasteiger partial charge in [-0.3, -0.25) is 18.7 Å². The van der Waals surface area contributed by atoms with Crippen LogP contribution in [0.25, 0.3) is 10.9 Å². The third-order valence-electron chi connectivity index (χ3n) is 5.02. The van der Waals surface area contributed by atoms with Gasteiger partial charge in [0.05, 0.1) is 29.3 Å². The van der Waals surface area contributed by atoms with Crippen molar-refractivity contribution < 1.29 is 14.3 Å². The first kappa shape index (κ1) is 21.0. The third kappa shape index (κ3) is 3.89. The highest BCUT2D eigenvalue weighted by Crippen LogP contribution is 2.16. The van der Waals surface area contributed by atoms with Crippen molar-refractivity contribution in [3.05, 3.63) is 74.9 Å². The average molecular weight is 409 g/mol. The molecule has 3 aromatic rings. The van der Waals surface area contributed by atoms with Crippen molar-refractivity contribution >= 4 is 28.5 Å². The number of nitrogens with one attached hydrogen (secondary N) is 1. The number of para-hydroxylation sites is 2. The lowest BCUT2D eigenvalue weighted by Crippen LogP contribution is -2.43. The van der Waals surface area contributed by atoms with Crippen LogP contribution in [0.5, 0.6) is 0 Å². The molecule has 156 valence electrons. The summed E-state index contributed by atoms with van der Waals surface area (Å²) in [6.45, 7) is 3.35. The maximum atomic E-state index is 13.1. The van der Waals surface area contributed by atoms with Gasteiger partial charge in [0, 0.05) is 6.04 Å². The fraction of sp³-hybridized carbons (Fsp3) is 0.273. The van der Waals surface area contributed by atoms with Crippen LogP contribution in [0.2, 0.25) is 0 Å². The summed E-state index contributed by atoms with van der Waals surface area (Å²) in [6, 6.07) is 12.8. The molecule has 0 bridgehead atoms. The fourth-order valence-corrected chi connectivity index (χ4v) is 3.28. The number of carbonyl (C=O) groups is 2. The molecule has 0 radical (unpaired) electrons. The van der Waals surface area contributed by atoms with Crippen LogP contribution in [-0.4, -0.2) is 28.1 Å². The van der Waals surface area contributed by atoms with Crippen molar-refractivity contribution in [2.24, 2.45) is 0 Å². The van der Waals surface area contributed by atoms with Crippen molar-refractivity contribution in [1.29, 1.82) is 0 Å². The Morgan fingerprint density at radius 2 is 1.73 bits per heavy atom. The maximum Gasteiger partial charge on any atom is 0.339 e. The van der Waals surface area contributed by atoms with Crippen molar-refractivity contribution in [1.82, 2.24) is 9.13 Å². The van der Waals surface area contributed by atoms with Crippen LogP contribution in [-0.2, 0) is 16.1 Å². The smallest absolute Gasteiger partial charge is 0.339 e. The zero-order valence-corrected chi connectivity index (χ0v) is 17.0. The molecule has 1 amide bonds. The number of nitrogens with zero attached hydrogens (tertiary/aromatic N) is 2. The van der Waals surface area contributed by atoms with E-state index in [1.54, 1.807) is 49.4 Å². The van der Waals surface area contributed by atoms with Crippen molar-refractivity contribution in [3.63, 3.8) is 0 Å². The zero-order chi connectivity index (χ0) is 21.8. The molecule has 1 atom stereocenters. The number of esters is 1. The Kier molecular flexibility index (Phi) is 6.15. The summed E-state index contributed by atoms with van der Waals surface area (Å²) >= 11 is 0. The molecule has 1 aromatic heterocycles. The van der Waals surface area contributed by atoms with Crippen LogP contribution < -0.4 is 16.6 Å². The molecule has 1 heterocycles. The number of fused-ring (bicyclic) bond motifs is 1. The molecule has 2 aromatic carbocycles. The number of amides is 1. The van der Waals surface area contributed by atoms with Gasteiger partial charge in [-0.05, 0) is 37.6 Å². The normalized spacial score (nSPS) is 11.8. The molecule has 30 heavy (non-hydrogen) atoms. The first-order valence-corrected chi connectivity index (χ1v) is 9.60. The van der Waals surface area contributed by atoms with Crippen LogP contribution >= 0.6 is 0 Å². The molecule has 0 saturated carbocycles. The van der Waals surface area contributed by atoms with Crippen LogP contribution in [0, 0.1) is 0 Å². The Hall–Kier alpha value is -3.68. The molecule has 3 rings (SSSR count). The predicted molar refractivity (Wildman–Crippen MR) is 114 cm³/mol. The van der Waals surface area contributed by atoms with E-state index in [4.69, 9.17) is 4.74 Å². The van der Waals surface area contributed by atoms with Crippen LogP contribution in [0.15, 0.2) is 58.1 Å². The van der Waals surface area contributed by atoms with E-state index >= 15 is 0 Å². The van der Waals surface area contributed by atoms with Gasteiger partial charge < -0.3 is 10.1 Å². The van der Waals surface area contributed by atoms with Gasteiger partial charge in [0.2, 0.25) is 5.91 Å². The third-order valence-corrected chi connectivity index (χ3v) is 5.02. The highest BCUT2D eigenvalue weighted by molar-refractivity contribution is 6.01. The molecule has 0 unspecified atom stereocenters. The molecule has 0 aliphatic carbocycles. The summed E-state index contributed by atoms with van der Waals surface area (Å²) in [6.07, 6.45) is 0.589. The number of hydrogen-bond donors (Lipinski definition) is 1. The Morgan fingerprint density at radius 1 is 1.07 bits per heavy atom. The Morgan fingerprint density at radius 3 is 2.43 bits per heavy atom. The minimum Gasteiger partial charge on any atom is -0.465 e. The average Bonchev–Trinajstić information content (AvgIpc) is 2.76. The van der Waals surface area contributed by atoms with Gasteiger partial charge >= 0.3 is 11.7 Å². The molecule has 8 heteroatoms. The SMILES string of the molecule is CC[C@H](C)n1c(=O)c2ccccc2n(CC(=O)Nc2ccccc2C(=O)OC)c1=O. The second kappa shape index (κ2) is 8.77.